The minimum Gasteiger partial charge on any atom is -0.478 e. The van der Waals surface area contributed by atoms with Gasteiger partial charge in [0.25, 0.3) is 0 Å². The predicted octanol–water partition coefficient (Wildman–Crippen LogP) is 9.80. The average molecular weight is 614 g/mol. The van der Waals surface area contributed by atoms with Crippen LogP contribution in [-0.4, -0.2) is 16.9 Å². The van der Waals surface area contributed by atoms with E-state index < -0.39 is 11.4 Å². The Hall–Kier alpha value is -4.28. The summed E-state index contributed by atoms with van der Waals surface area (Å²) < 4.78 is 0.663. The summed E-state index contributed by atoms with van der Waals surface area (Å²) in [5.41, 5.74) is 4.73. The minimum absolute atomic E-state index is 0.00330. The summed E-state index contributed by atoms with van der Waals surface area (Å²) >= 11 is 3.40. The van der Waals surface area contributed by atoms with Gasteiger partial charge < -0.3 is 5.11 Å². The Balaban J connectivity index is 1.48. The van der Waals surface area contributed by atoms with Crippen molar-refractivity contribution >= 4 is 60.0 Å². The number of fused-ring (bicyclic) bond motifs is 8. The number of ketones is 1. The van der Waals surface area contributed by atoms with Gasteiger partial charge in [0.15, 0.2) is 5.78 Å². The minimum atomic E-state index is -1.12. The van der Waals surface area contributed by atoms with Crippen LogP contribution in [-0.2, 0) is 10.8 Å². The molecule has 0 amide bonds. The average Bonchev–Trinajstić information content (AvgIpc) is 2.99. The Morgan fingerprint density at radius 3 is 1.55 bits per heavy atom. The van der Waals surface area contributed by atoms with E-state index in [4.69, 9.17) is 0 Å². The normalized spacial score (nSPS) is 15.0. The van der Waals surface area contributed by atoms with E-state index in [2.05, 4.69) is 110 Å². The Kier molecular flexibility index (Phi) is 5.77. The topological polar surface area (TPSA) is 54.4 Å². The molecule has 206 valence electrons. The van der Waals surface area contributed by atoms with Crippen LogP contribution >= 0.6 is 15.9 Å². The summed E-state index contributed by atoms with van der Waals surface area (Å²) in [5, 5.41) is 17.2. The molecule has 0 heterocycles. The number of hydrogen-bond donors (Lipinski definition) is 1. The molecule has 0 aromatic heterocycles. The first-order valence-electron chi connectivity index (χ1n) is 14.1. The van der Waals surface area contributed by atoms with Crippen LogP contribution in [0.5, 0.6) is 0 Å². The molecule has 0 radical (unpaired) electrons. The molecule has 1 aliphatic carbocycles. The summed E-state index contributed by atoms with van der Waals surface area (Å²) in [5.74, 6) is -1.42. The van der Waals surface area contributed by atoms with Crippen LogP contribution in [0.2, 0.25) is 0 Å². The molecular formula is C38H29BrO3. The molecule has 6 aromatic carbocycles. The number of carboxylic acids is 1. The lowest BCUT2D eigenvalue weighted by molar-refractivity contribution is 0.0692. The predicted molar refractivity (Wildman–Crippen MR) is 174 cm³/mol. The Morgan fingerprint density at radius 1 is 0.548 bits per heavy atom. The van der Waals surface area contributed by atoms with Crippen molar-refractivity contribution in [3.8, 4) is 0 Å². The van der Waals surface area contributed by atoms with Gasteiger partial charge in [-0.15, -0.1) is 0 Å². The Labute approximate surface area is 252 Å². The number of carbonyl (C=O) groups excluding carboxylic acids is 1. The van der Waals surface area contributed by atoms with Crippen molar-refractivity contribution in [2.75, 3.05) is 0 Å². The Morgan fingerprint density at radius 2 is 1.02 bits per heavy atom. The smallest absolute Gasteiger partial charge is 0.336 e. The molecule has 0 saturated heterocycles. The second-order valence-corrected chi connectivity index (χ2v) is 13.3. The van der Waals surface area contributed by atoms with E-state index in [9.17, 15) is 14.7 Å². The van der Waals surface area contributed by atoms with Gasteiger partial charge in [-0.25, -0.2) is 4.79 Å². The lowest BCUT2D eigenvalue weighted by atomic mass is 9.59. The zero-order valence-corrected chi connectivity index (χ0v) is 25.5. The first-order valence-corrected chi connectivity index (χ1v) is 14.9. The third-order valence-corrected chi connectivity index (χ3v) is 9.81. The van der Waals surface area contributed by atoms with Gasteiger partial charge in [-0.3, -0.25) is 4.79 Å². The SMILES string of the molecule is CC1(C)c2ccc(C(=O)c3cc(Br)ccc3C(=O)O)cc2C(C)(C)c2cc3c4ccccc4c4ccccc4c3cc21. The van der Waals surface area contributed by atoms with Gasteiger partial charge in [0.1, 0.15) is 0 Å². The van der Waals surface area contributed by atoms with Crippen LogP contribution in [0.4, 0.5) is 0 Å². The van der Waals surface area contributed by atoms with E-state index in [-0.39, 0.29) is 22.3 Å². The highest BCUT2D eigenvalue weighted by Gasteiger charge is 2.42. The van der Waals surface area contributed by atoms with Crippen LogP contribution in [0.3, 0.4) is 0 Å². The van der Waals surface area contributed by atoms with Gasteiger partial charge >= 0.3 is 5.97 Å². The Bertz CT molecular complexity index is 2150. The lowest BCUT2D eigenvalue weighted by Gasteiger charge is -2.44. The van der Waals surface area contributed by atoms with Gasteiger partial charge in [0.2, 0.25) is 0 Å². The van der Waals surface area contributed by atoms with Gasteiger partial charge in [-0.2, -0.15) is 0 Å². The highest BCUT2D eigenvalue weighted by molar-refractivity contribution is 9.10. The van der Waals surface area contributed by atoms with Crippen molar-refractivity contribution in [3.63, 3.8) is 0 Å². The van der Waals surface area contributed by atoms with E-state index in [1.54, 1.807) is 12.1 Å². The molecule has 0 fully saturated rings. The van der Waals surface area contributed by atoms with Crippen LogP contribution in [0, 0.1) is 0 Å². The lowest BCUT2D eigenvalue weighted by Crippen LogP contribution is -2.36. The molecule has 0 unspecified atom stereocenters. The molecule has 1 aliphatic rings. The second-order valence-electron chi connectivity index (χ2n) is 12.4. The van der Waals surface area contributed by atoms with Crippen molar-refractivity contribution in [1.29, 1.82) is 0 Å². The molecule has 0 bridgehead atoms. The van der Waals surface area contributed by atoms with Crippen molar-refractivity contribution in [1.82, 2.24) is 0 Å². The summed E-state index contributed by atoms with van der Waals surface area (Å²) in [6.07, 6.45) is 0. The summed E-state index contributed by atoms with van der Waals surface area (Å²) in [4.78, 5) is 25.7. The van der Waals surface area contributed by atoms with Crippen molar-refractivity contribution in [3.05, 3.63) is 140 Å². The fraction of sp³-hybridized carbons (Fsp3) is 0.158. The zero-order valence-electron chi connectivity index (χ0n) is 23.9. The molecule has 3 nitrogen and oxygen atoms in total. The van der Waals surface area contributed by atoms with Crippen LogP contribution in [0.15, 0.2) is 102 Å². The first-order chi connectivity index (χ1) is 20.0. The fourth-order valence-electron chi connectivity index (χ4n) is 7.07. The molecule has 4 heteroatoms. The molecule has 42 heavy (non-hydrogen) atoms. The monoisotopic (exact) mass is 612 g/mol. The van der Waals surface area contributed by atoms with Crippen LogP contribution in [0.25, 0.3) is 32.3 Å². The molecule has 0 atom stereocenters. The summed E-state index contributed by atoms with van der Waals surface area (Å²) in [6.45, 7) is 8.97. The summed E-state index contributed by atoms with van der Waals surface area (Å²) in [6, 6.07) is 32.6. The van der Waals surface area contributed by atoms with E-state index in [0.29, 0.717) is 10.0 Å². The standard InChI is InChI=1S/C38H29BrO3/c1-37(2)31-16-13-21(35(40)30-18-22(39)14-15-27(30)36(41)42)17-32(31)38(3,4)34-20-29-26-12-8-6-10-24(26)23-9-5-7-11-25(23)28(29)19-33(34)37/h5-20H,1-4H3,(H,41,42). The number of rotatable bonds is 3. The third kappa shape index (κ3) is 3.71. The van der Waals surface area contributed by atoms with Crippen LogP contribution in [0.1, 0.15) is 76.2 Å². The number of aromatic carboxylic acids is 1. The molecule has 0 spiro atoms. The van der Waals surface area contributed by atoms with Crippen LogP contribution < -0.4 is 0 Å². The second kappa shape index (κ2) is 9.11. The number of carbonyl (C=O) groups is 2. The van der Waals surface area contributed by atoms with E-state index in [0.717, 1.165) is 5.56 Å². The third-order valence-electron chi connectivity index (χ3n) is 9.31. The number of halogens is 1. The highest BCUT2D eigenvalue weighted by atomic mass is 79.9. The van der Waals surface area contributed by atoms with E-state index >= 15 is 0 Å². The first kappa shape index (κ1) is 26.6. The van der Waals surface area contributed by atoms with Gasteiger partial charge in [-0.1, -0.05) is 104 Å². The van der Waals surface area contributed by atoms with Gasteiger partial charge in [0.05, 0.1) is 5.56 Å². The van der Waals surface area contributed by atoms with E-state index in [1.165, 1.54) is 55.1 Å². The zero-order chi connectivity index (χ0) is 29.6. The number of hydrogen-bond acceptors (Lipinski definition) is 2. The van der Waals surface area contributed by atoms with Crippen molar-refractivity contribution in [2.24, 2.45) is 0 Å². The van der Waals surface area contributed by atoms with Gasteiger partial charge in [0, 0.05) is 26.4 Å². The quantitative estimate of drug-likeness (QED) is 0.160. The number of benzene rings is 6. The molecule has 0 aliphatic heterocycles. The maximum atomic E-state index is 13.8. The van der Waals surface area contributed by atoms with E-state index in [1.807, 2.05) is 12.1 Å². The number of carboxylic acid groups (broad SMARTS) is 1. The van der Waals surface area contributed by atoms with Crippen molar-refractivity contribution in [2.45, 2.75) is 38.5 Å². The molecule has 7 rings (SSSR count). The molecule has 6 aromatic rings. The maximum Gasteiger partial charge on any atom is 0.336 e. The van der Waals surface area contributed by atoms with Crippen molar-refractivity contribution < 1.29 is 14.7 Å². The molecular weight excluding hydrogens is 584 g/mol. The maximum absolute atomic E-state index is 13.8. The molecule has 0 saturated carbocycles. The molecule has 1 N–H and O–H groups in total. The highest BCUT2D eigenvalue weighted by Crippen LogP contribution is 2.52. The largest absolute Gasteiger partial charge is 0.478 e. The summed E-state index contributed by atoms with van der Waals surface area (Å²) in [7, 11) is 0. The van der Waals surface area contributed by atoms with Gasteiger partial charge in [-0.05, 0) is 91.0 Å². The fourth-order valence-corrected chi connectivity index (χ4v) is 7.43.